The Balaban J connectivity index is 1.27. The number of benzene rings is 7. The minimum atomic E-state index is -0.00549. The molecule has 5 heteroatoms. The Hall–Kier alpha value is -6.04. The number of fused-ring (bicyclic) bond motifs is 15. The minimum absolute atomic E-state index is 0.00549. The van der Waals surface area contributed by atoms with E-state index in [1.165, 1.54) is 126 Å². The van der Waals surface area contributed by atoms with Gasteiger partial charge in [0, 0.05) is 53.5 Å². The number of thiophene rings is 1. The summed E-state index contributed by atoms with van der Waals surface area (Å²) in [6.45, 7) is 26.1. The molecule has 7 aromatic carbocycles. The summed E-state index contributed by atoms with van der Waals surface area (Å²) in [4.78, 5) is 5.41. The van der Waals surface area contributed by atoms with Crippen molar-refractivity contribution in [2.24, 2.45) is 0 Å². The van der Waals surface area contributed by atoms with Crippen LogP contribution in [-0.2, 0) is 21.7 Å². The zero-order valence-corrected chi connectivity index (χ0v) is 40.5. The summed E-state index contributed by atoms with van der Waals surface area (Å²) >= 11 is 2.01. The van der Waals surface area contributed by atoms with Crippen molar-refractivity contribution in [3.63, 3.8) is 0 Å². The molecule has 0 saturated carbocycles. The molecule has 3 aliphatic rings. The third-order valence-corrected chi connectivity index (χ3v) is 16.8. The van der Waals surface area contributed by atoms with Crippen molar-refractivity contribution in [2.75, 3.05) is 9.80 Å². The van der Waals surface area contributed by atoms with E-state index < -0.39 is 0 Å². The molecule has 3 nitrogen and oxygen atoms in total. The summed E-state index contributed by atoms with van der Waals surface area (Å²) in [5.41, 5.74) is 21.4. The maximum Gasteiger partial charge on any atom is 0.264 e. The number of nitrogens with zero attached hydrogens (tertiary/aromatic N) is 3. The summed E-state index contributed by atoms with van der Waals surface area (Å²) < 4.78 is 5.37. The average molecular weight is 862 g/mol. The first kappa shape index (κ1) is 39.3. The second-order valence-electron chi connectivity index (χ2n) is 23.0. The molecule has 0 atom stereocenters. The Labute approximate surface area is 387 Å². The molecule has 13 rings (SSSR count). The van der Waals surface area contributed by atoms with E-state index in [1.54, 1.807) is 0 Å². The molecule has 320 valence electrons. The molecule has 0 spiro atoms. The highest BCUT2D eigenvalue weighted by Gasteiger charge is 2.49. The van der Waals surface area contributed by atoms with E-state index in [4.69, 9.17) is 0 Å². The molecule has 0 saturated heterocycles. The minimum Gasteiger partial charge on any atom is -0.311 e. The maximum atomic E-state index is 2.76. The standard InChI is InChI=1S/C60H56BN3S/c1-34-20-28-47-44(30-34)61-51-54(62(47)37-24-21-35(22-25-37)57(2,3)4)49-39-16-12-14-18-45(39)64-46-19-15-13-17-40(46)50(53(49)64)55(51)63(38-26-27-42-43(32-38)60(10,11)33-59(42,8)9)52-41-31-36(58(5,6)7)23-29-48(41)65-56(52)61/h12-32H,33H2,1-11H3. The number of aromatic nitrogens is 1. The van der Waals surface area contributed by atoms with Crippen LogP contribution in [0.1, 0.15) is 103 Å². The fourth-order valence-corrected chi connectivity index (χ4v) is 14.2. The largest absolute Gasteiger partial charge is 0.311 e. The van der Waals surface area contributed by atoms with E-state index in [9.17, 15) is 0 Å². The van der Waals surface area contributed by atoms with Crippen LogP contribution >= 0.6 is 11.3 Å². The topological polar surface area (TPSA) is 10.9 Å². The van der Waals surface area contributed by atoms with Gasteiger partial charge >= 0.3 is 0 Å². The molecule has 1 aliphatic carbocycles. The Kier molecular flexibility index (Phi) is 7.65. The lowest BCUT2D eigenvalue weighted by Gasteiger charge is -2.44. The molecule has 3 aromatic heterocycles. The highest BCUT2D eigenvalue weighted by atomic mass is 32.1. The van der Waals surface area contributed by atoms with Gasteiger partial charge in [-0.05, 0) is 123 Å². The molecule has 0 N–H and O–H groups in total. The van der Waals surface area contributed by atoms with Crippen molar-refractivity contribution in [3.8, 4) is 0 Å². The van der Waals surface area contributed by atoms with Gasteiger partial charge in [0.2, 0.25) is 0 Å². The van der Waals surface area contributed by atoms with Crippen LogP contribution < -0.4 is 25.5 Å². The van der Waals surface area contributed by atoms with E-state index in [0.29, 0.717) is 0 Å². The van der Waals surface area contributed by atoms with E-state index >= 15 is 0 Å². The molecule has 2 aliphatic heterocycles. The number of anilines is 6. The number of hydrogen-bond donors (Lipinski definition) is 0. The zero-order chi connectivity index (χ0) is 44.9. The smallest absolute Gasteiger partial charge is 0.264 e. The van der Waals surface area contributed by atoms with Gasteiger partial charge < -0.3 is 14.2 Å². The van der Waals surface area contributed by atoms with Gasteiger partial charge in [0.05, 0.1) is 33.6 Å². The third kappa shape index (κ3) is 5.19. The van der Waals surface area contributed by atoms with Gasteiger partial charge in [-0.1, -0.05) is 148 Å². The van der Waals surface area contributed by atoms with E-state index in [0.717, 1.165) is 6.42 Å². The highest BCUT2D eigenvalue weighted by Crippen LogP contribution is 2.58. The first-order valence-corrected chi connectivity index (χ1v) is 24.5. The summed E-state index contributed by atoms with van der Waals surface area (Å²) in [7, 11) is 0. The molecular weight excluding hydrogens is 806 g/mol. The highest BCUT2D eigenvalue weighted by molar-refractivity contribution is 7.33. The lowest BCUT2D eigenvalue weighted by molar-refractivity contribution is 0.403. The summed E-state index contributed by atoms with van der Waals surface area (Å²) in [6, 6.07) is 50.0. The van der Waals surface area contributed by atoms with Crippen molar-refractivity contribution in [1.82, 2.24) is 4.40 Å². The van der Waals surface area contributed by atoms with Crippen LogP contribution in [0.3, 0.4) is 0 Å². The van der Waals surface area contributed by atoms with Crippen molar-refractivity contribution in [3.05, 3.63) is 155 Å². The average Bonchev–Trinajstić information content (AvgIpc) is 3.97. The van der Waals surface area contributed by atoms with Gasteiger partial charge in [0.25, 0.3) is 6.71 Å². The Morgan fingerprint density at radius 3 is 1.82 bits per heavy atom. The van der Waals surface area contributed by atoms with E-state index in [2.05, 4.69) is 218 Å². The number of para-hydroxylation sites is 2. The first-order valence-electron chi connectivity index (χ1n) is 23.7. The lowest BCUT2D eigenvalue weighted by atomic mass is 9.36. The Morgan fingerprint density at radius 2 is 1.15 bits per heavy atom. The van der Waals surface area contributed by atoms with Gasteiger partial charge in [-0.25, -0.2) is 0 Å². The van der Waals surface area contributed by atoms with Gasteiger partial charge in [-0.15, -0.1) is 11.3 Å². The zero-order valence-electron chi connectivity index (χ0n) is 39.7. The normalized spacial score (nSPS) is 16.3. The SMILES string of the molecule is Cc1ccc2c(c1)B1c3sc4ccc(C(C)(C)C)cc4c3N(c3ccc4c(c3)C(C)(C)CC4(C)C)c3c1c(c1c4ccccc4n4c5ccccc5c3c14)N2c1ccc(C(C)(C)C)cc1. The quantitative estimate of drug-likeness (QED) is 0.160. The molecular formula is C60H56BN3S. The predicted molar refractivity (Wildman–Crippen MR) is 283 cm³/mol. The Bertz CT molecular complexity index is 3680. The lowest BCUT2D eigenvalue weighted by Crippen LogP contribution is -2.60. The molecule has 0 unspecified atom stereocenters. The van der Waals surface area contributed by atoms with E-state index in [1.807, 2.05) is 11.3 Å². The second kappa shape index (κ2) is 12.6. The monoisotopic (exact) mass is 861 g/mol. The summed E-state index contributed by atoms with van der Waals surface area (Å²) in [6.07, 6.45) is 1.13. The molecule has 0 bridgehead atoms. The van der Waals surface area contributed by atoms with Gasteiger partial charge in [-0.2, -0.15) is 0 Å². The first-order chi connectivity index (χ1) is 30.9. The number of hydrogen-bond acceptors (Lipinski definition) is 3. The molecule has 0 fully saturated rings. The van der Waals surface area contributed by atoms with Gasteiger partial charge in [0.15, 0.2) is 0 Å². The van der Waals surface area contributed by atoms with Crippen LogP contribution in [0.15, 0.2) is 127 Å². The summed E-state index contributed by atoms with van der Waals surface area (Å²) in [5, 5.41) is 6.62. The Morgan fingerprint density at radius 1 is 0.554 bits per heavy atom. The van der Waals surface area contributed by atoms with Crippen LogP contribution in [0.5, 0.6) is 0 Å². The van der Waals surface area contributed by atoms with Gasteiger partial charge in [0.1, 0.15) is 0 Å². The summed E-state index contributed by atoms with van der Waals surface area (Å²) in [5.74, 6) is 0. The van der Waals surface area contributed by atoms with Crippen molar-refractivity contribution < 1.29 is 0 Å². The predicted octanol–water partition coefficient (Wildman–Crippen LogP) is 15.0. The number of aryl methyl sites for hydroxylation is 1. The fourth-order valence-electron chi connectivity index (χ4n) is 12.9. The molecule has 65 heavy (non-hydrogen) atoms. The van der Waals surface area contributed by atoms with Crippen molar-refractivity contribution in [2.45, 2.75) is 104 Å². The fraction of sp³-hybridized carbons (Fsp3) is 0.267. The second-order valence-corrected chi connectivity index (χ2v) is 24.1. The van der Waals surface area contributed by atoms with Crippen LogP contribution in [0.25, 0.3) is 48.2 Å². The van der Waals surface area contributed by atoms with Crippen LogP contribution in [-0.4, -0.2) is 11.1 Å². The van der Waals surface area contributed by atoms with Crippen molar-refractivity contribution >= 4 is 116 Å². The molecule has 0 amide bonds. The number of rotatable bonds is 2. The van der Waals surface area contributed by atoms with Crippen molar-refractivity contribution in [1.29, 1.82) is 0 Å². The van der Waals surface area contributed by atoms with Crippen LogP contribution in [0.2, 0.25) is 0 Å². The van der Waals surface area contributed by atoms with Gasteiger partial charge in [-0.3, -0.25) is 0 Å². The van der Waals surface area contributed by atoms with Crippen LogP contribution in [0, 0.1) is 6.92 Å². The maximum absolute atomic E-state index is 2.76. The molecule has 5 heterocycles. The van der Waals surface area contributed by atoms with E-state index in [-0.39, 0.29) is 28.4 Å². The van der Waals surface area contributed by atoms with Crippen LogP contribution in [0.4, 0.5) is 34.1 Å². The molecule has 0 radical (unpaired) electrons. The third-order valence-electron chi connectivity index (χ3n) is 15.6. The molecule has 10 aromatic rings.